The number of hydrogen-bond donors (Lipinski definition) is 1. The van der Waals surface area contributed by atoms with Gasteiger partial charge >= 0.3 is 0 Å². The predicted octanol–water partition coefficient (Wildman–Crippen LogP) is 3.21. The van der Waals surface area contributed by atoms with Gasteiger partial charge in [0.1, 0.15) is 23.4 Å². The van der Waals surface area contributed by atoms with Crippen LogP contribution in [-0.2, 0) is 11.2 Å². The molecular weight excluding hydrogens is 442 g/mol. The van der Waals surface area contributed by atoms with Crippen LogP contribution >= 0.6 is 0 Å². The summed E-state index contributed by atoms with van der Waals surface area (Å²) in [6, 6.07) is 3.86. The normalized spacial score (nSPS) is 22.4. The molecule has 2 unspecified atom stereocenters. The highest BCUT2D eigenvalue weighted by Crippen LogP contribution is 2.36. The Morgan fingerprint density at radius 2 is 1.97 bits per heavy atom. The summed E-state index contributed by atoms with van der Waals surface area (Å²) in [5.41, 5.74) is 2.25. The Morgan fingerprint density at radius 1 is 1.15 bits per heavy atom. The van der Waals surface area contributed by atoms with Gasteiger partial charge in [0, 0.05) is 42.0 Å². The summed E-state index contributed by atoms with van der Waals surface area (Å²) in [7, 11) is 0. The minimum Gasteiger partial charge on any atom is -0.367 e. The van der Waals surface area contributed by atoms with Gasteiger partial charge in [-0.05, 0) is 38.3 Å². The Hall–Kier alpha value is -3.40. The zero-order chi connectivity index (χ0) is 23.4. The largest absolute Gasteiger partial charge is 0.367 e. The van der Waals surface area contributed by atoms with Gasteiger partial charge in [-0.3, -0.25) is 9.48 Å². The second kappa shape index (κ2) is 8.12. The van der Waals surface area contributed by atoms with Crippen molar-refractivity contribution in [2.24, 2.45) is 0 Å². The maximum Gasteiger partial charge on any atom is 0.270 e. The van der Waals surface area contributed by atoms with Gasteiger partial charge in [0.05, 0.1) is 30.6 Å². The van der Waals surface area contributed by atoms with E-state index in [-0.39, 0.29) is 29.4 Å². The van der Waals surface area contributed by atoms with E-state index in [1.807, 2.05) is 28.9 Å². The number of carbonyl (C=O) groups excluding carboxylic acids is 1. The molecule has 1 aromatic carbocycles. The van der Waals surface area contributed by atoms with Crippen molar-refractivity contribution in [2.45, 2.75) is 44.4 Å². The van der Waals surface area contributed by atoms with Gasteiger partial charge < -0.3 is 15.0 Å². The number of fused-ring (bicyclic) bond motifs is 1. The zero-order valence-corrected chi connectivity index (χ0v) is 18.7. The fourth-order valence-electron chi connectivity index (χ4n) is 4.68. The molecule has 176 valence electrons. The van der Waals surface area contributed by atoms with Gasteiger partial charge in [0.25, 0.3) is 5.91 Å². The molecule has 8 nitrogen and oxygen atoms in total. The number of benzene rings is 1. The molecule has 4 heterocycles. The molecule has 1 N–H and O–H groups in total. The number of ether oxygens (including phenoxy) is 1. The van der Waals surface area contributed by atoms with E-state index in [9.17, 15) is 13.6 Å². The van der Waals surface area contributed by atoms with Crippen molar-refractivity contribution >= 4 is 11.9 Å². The van der Waals surface area contributed by atoms with Gasteiger partial charge in [0.2, 0.25) is 5.95 Å². The van der Waals surface area contributed by atoms with Crippen LogP contribution in [0.25, 0.3) is 11.3 Å². The summed E-state index contributed by atoms with van der Waals surface area (Å²) in [6.07, 6.45) is 6.25. The minimum absolute atomic E-state index is 0.123. The number of nitrogens with zero attached hydrogens (tertiary/aromatic N) is 5. The Kier molecular flexibility index (Phi) is 5.05. The molecule has 6 rings (SSSR count). The smallest absolute Gasteiger partial charge is 0.270 e. The zero-order valence-electron chi connectivity index (χ0n) is 18.7. The number of amides is 1. The van der Waals surface area contributed by atoms with E-state index in [0.29, 0.717) is 49.3 Å². The van der Waals surface area contributed by atoms with Crippen LogP contribution in [0.3, 0.4) is 0 Å². The molecule has 2 aliphatic heterocycles. The van der Waals surface area contributed by atoms with E-state index in [2.05, 4.69) is 15.4 Å². The average molecular weight is 466 g/mol. The number of aromatic nitrogens is 4. The number of halogens is 2. The van der Waals surface area contributed by atoms with Crippen LogP contribution in [0.15, 0.2) is 30.6 Å². The molecule has 10 heteroatoms. The maximum atomic E-state index is 14.8. The maximum absolute atomic E-state index is 14.8. The summed E-state index contributed by atoms with van der Waals surface area (Å²) >= 11 is 0. The van der Waals surface area contributed by atoms with Crippen LogP contribution in [0.2, 0.25) is 0 Å². The lowest BCUT2D eigenvalue weighted by Crippen LogP contribution is -2.44. The minimum atomic E-state index is -0.724. The van der Waals surface area contributed by atoms with Crippen LogP contribution in [0.5, 0.6) is 0 Å². The van der Waals surface area contributed by atoms with Crippen LogP contribution in [-0.4, -0.2) is 51.4 Å². The van der Waals surface area contributed by atoms with Crippen molar-refractivity contribution < 1.29 is 18.3 Å². The van der Waals surface area contributed by atoms with Crippen LogP contribution in [0, 0.1) is 11.6 Å². The Morgan fingerprint density at radius 3 is 2.76 bits per heavy atom. The highest BCUT2D eigenvalue weighted by Gasteiger charge is 2.33. The summed E-state index contributed by atoms with van der Waals surface area (Å²) < 4.78 is 36.5. The fourth-order valence-corrected chi connectivity index (χ4v) is 4.68. The van der Waals surface area contributed by atoms with Crippen LogP contribution in [0.4, 0.5) is 14.7 Å². The molecule has 2 atom stereocenters. The molecule has 1 saturated carbocycles. The summed E-state index contributed by atoms with van der Waals surface area (Å²) in [5, 5.41) is 7.27. The third kappa shape index (κ3) is 3.81. The number of rotatable bonds is 4. The molecule has 1 amide bonds. The molecule has 0 spiro atoms. The van der Waals surface area contributed by atoms with E-state index in [0.717, 1.165) is 24.5 Å². The van der Waals surface area contributed by atoms with Gasteiger partial charge in [-0.2, -0.15) is 5.10 Å². The molecular formula is C24H24F2N6O2. The van der Waals surface area contributed by atoms with E-state index in [1.165, 1.54) is 12.1 Å². The highest BCUT2D eigenvalue weighted by atomic mass is 19.1. The highest BCUT2D eigenvalue weighted by molar-refractivity contribution is 5.96. The molecule has 3 aliphatic rings. The lowest BCUT2D eigenvalue weighted by molar-refractivity contribution is -0.0179. The molecule has 2 fully saturated rings. The van der Waals surface area contributed by atoms with Gasteiger partial charge in [-0.15, -0.1) is 0 Å². The van der Waals surface area contributed by atoms with Crippen molar-refractivity contribution in [3.05, 3.63) is 59.0 Å². The first-order valence-corrected chi connectivity index (χ1v) is 11.6. The third-order valence-electron chi connectivity index (χ3n) is 6.51. The van der Waals surface area contributed by atoms with E-state index in [4.69, 9.17) is 9.72 Å². The molecule has 1 saturated heterocycles. The van der Waals surface area contributed by atoms with Gasteiger partial charge in [0.15, 0.2) is 0 Å². The standard InChI is InChI=1S/C24H24F2N6O2/c1-13-10-31(12-20(34-13)14-9-28-32(11-14)16-3-4-16)24-29-21(17-5-2-15(25)8-19(17)26)18-6-7-27-23(33)22(18)30-24/h2,5,8-9,11,13,16,20H,3-4,6-7,10,12H2,1H3,(H,27,33). The molecule has 0 bridgehead atoms. The lowest BCUT2D eigenvalue weighted by atomic mass is 9.98. The van der Waals surface area contributed by atoms with E-state index in [1.54, 1.807) is 0 Å². The number of hydrogen-bond acceptors (Lipinski definition) is 6. The number of morpholine rings is 1. The second-order valence-electron chi connectivity index (χ2n) is 9.15. The van der Waals surface area contributed by atoms with E-state index >= 15 is 0 Å². The predicted molar refractivity (Wildman–Crippen MR) is 119 cm³/mol. The Labute approximate surface area is 195 Å². The average Bonchev–Trinajstić information content (AvgIpc) is 3.55. The van der Waals surface area contributed by atoms with Crippen molar-refractivity contribution in [1.82, 2.24) is 25.1 Å². The number of carbonyl (C=O) groups is 1. The SMILES string of the molecule is CC1CN(c2nc3c(c(-c4ccc(F)cc4F)n2)CCNC3=O)CC(c2cnn(C3CC3)c2)O1. The Bertz CT molecular complexity index is 1270. The molecule has 0 radical (unpaired) electrons. The number of nitrogens with one attached hydrogen (secondary N) is 1. The molecule has 34 heavy (non-hydrogen) atoms. The summed E-state index contributed by atoms with van der Waals surface area (Å²) in [4.78, 5) is 23.9. The monoisotopic (exact) mass is 466 g/mol. The van der Waals surface area contributed by atoms with Crippen molar-refractivity contribution in [3.63, 3.8) is 0 Å². The summed E-state index contributed by atoms with van der Waals surface area (Å²) in [6.45, 7) is 3.35. The van der Waals surface area contributed by atoms with Gasteiger partial charge in [-0.1, -0.05) is 0 Å². The van der Waals surface area contributed by atoms with E-state index < -0.39 is 11.6 Å². The van der Waals surface area contributed by atoms with Crippen molar-refractivity contribution in [1.29, 1.82) is 0 Å². The second-order valence-corrected chi connectivity index (χ2v) is 9.15. The third-order valence-corrected chi connectivity index (χ3v) is 6.51. The van der Waals surface area contributed by atoms with Crippen LogP contribution < -0.4 is 10.2 Å². The van der Waals surface area contributed by atoms with Crippen molar-refractivity contribution in [2.75, 3.05) is 24.5 Å². The number of anilines is 1. The topological polar surface area (TPSA) is 85.2 Å². The first-order valence-electron chi connectivity index (χ1n) is 11.6. The summed E-state index contributed by atoms with van der Waals surface area (Å²) in [5.74, 6) is -1.39. The van der Waals surface area contributed by atoms with Crippen molar-refractivity contribution in [3.8, 4) is 11.3 Å². The van der Waals surface area contributed by atoms with Crippen LogP contribution in [0.1, 0.15) is 53.5 Å². The molecule has 1 aliphatic carbocycles. The first kappa shape index (κ1) is 21.2. The molecule has 3 aromatic rings. The Balaban J connectivity index is 1.39. The lowest BCUT2D eigenvalue weighted by Gasteiger charge is -2.37. The quantitative estimate of drug-likeness (QED) is 0.636. The fraction of sp³-hybridized carbons (Fsp3) is 0.417. The molecule has 2 aromatic heterocycles. The first-order chi connectivity index (χ1) is 16.5. The van der Waals surface area contributed by atoms with Gasteiger partial charge in [-0.25, -0.2) is 18.7 Å².